The molecule has 1 saturated heterocycles. The fourth-order valence-corrected chi connectivity index (χ4v) is 6.17. The molecule has 2 amide bonds. The van der Waals surface area contributed by atoms with E-state index < -0.39 is 0 Å². The third kappa shape index (κ3) is 2.57. The number of hydroxylamine groups is 1. The van der Waals surface area contributed by atoms with Gasteiger partial charge in [0.1, 0.15) is 6.04 Å². The smallest absolute Gasteiger partial charge is 0.266 e. The molecule has 1 aliphatic heterocycles. The molecule has 0 aromatic rings. The second kappa shape index (κ2) is 5.76. The summed E-state index contributed by atoms with van der Waals surface area (Å²) in [5.74, 6) is 2.38. The van der Waals surface area contributed by atoms with Crippen LogP contribution in [0.25, 0.3) is 0 Å². The molecule has 1 heterocycles. The second-order valence-electron chi connectivity index (χ2n) is 8.25. The number of amides is 2. The molecule has 128 valence electrons. The first-order valence-electron chi connectivity index (χ1n) is 9.34. The minimum absolute atomic E-state index is 0.150. The van der Waals surface area contributed by atoms with Crippen LogP contribution in [-0.2, 0) is 14.4 Å². The average molecular weight is 320 g/mol. The van der Waals surface area contributed by atoms with Crippen molar-refractivity contribution in [1.82, 2.24) is 10.4 Å². The van der Waals surface area contributed by atoms with Crippen molar-refractivity contribution in [2.45, 2.75) is 64.3 Å². The molecule has 23 heavy (non-hydrogen) atoms. The van der Waals surface area contributed by atoms with Gasteiger partial charge in [-0.1, -0.05) is 0 Å². The van der Waals surface area contributed by atoms with Crippen LogP contribution in [0.4, 0.5) is 0 Å². The van der Waals surface area contributed by atoms with Gasteiger partial charge >= 0.3 is 0 Å². The van der Waals surface area contributed by atoms with E-state index in [-0.39, 0.29) is 23.3 Å². The number of hydrogen-bond donors (Lipinski definition) is 1. The predicted octanol–water partition coefficient (Wildman–Crippen LogP) is 2.26. The van der Waals surface area contributed by atoms with Crippen molar-refractivity contribution < 1.29 is 14.4 Å². The maximum absolute atomic E-state index is 13.4. The largest absolute Gasteiger partial charge is 0.330 e. The summed E-state index contributed by atoms with van der Waals surface area (Å²) in [6.07, 6.45) is 8.87. The zero-order valence-corrected chi connectivity index (χ0v) is 14.1. The van der Waals surface area contributed by atoms with Crippen molar-refractivity contribution in [2.75, 3.05) is 13.2 Å². The summed E-state index contributed by atoms with van der Waals surface area (Å²) in [4.78, 5) is 32.6. The van der Waals surface area contributed by atoms with Gasteiger partial charge in [-0.2, -0.15) is 0 Å². The van der Waals surface area contributed by atoms with Gasteiger partial charge in [-0.3, -0.25) is 14.4 Å². The van der Waals surface area contributed by atoms with E-state index in [2.05, 4.69) is 5.48 Å². The number of carbonyl (C=O) groups is 2. The Morgan fingerprint density at radius 2 is 1.74 bits per heavy atom. The van der Waals surface area contributed by atoms with Gasteiger partial charge in [0.2, 0.25) is 5.91 Å². The molecule has 5 fully saturated rings. The van der Waals surface area contributed by atoms with Crippen LogP contribution >= 0.6 is 0 Å². The lowest BCUT2D eigenvalue weighted by atomic mass is 9.49. The van der Waals surface area contributed by atoms with E-state index >= 15 is 0 Å². The third-order valence-corrected chi connectivity index (χ3v) is 6.63. The van der Waals surface area contributed by atoms with Crippen LogP contribution in [0.2, 0.25) is 0 Å². The van der Waals surface area contributed by atoms with Gasteiger partial charge < -0.3 is 4.90 Å². The molecular formula is C18H28N2O3. The summed E-state index contributed by atoms with van der Waals surface area (Å²) >= 11 is 0. The highest BCUT2D eigenvalue weighted by atomic mass is 16.6. The SMILES string of the molecule is CCONC(=O)[C@H]1CCCN1C(=O)C12CC3CC(CC(C3)C1)C2. The standard InChI is InChI=1S/C18H28N2O3/c1-2-23-19-16(21)15-4-3-5-20(15)17(22)18-9-12-6-13(10-18)8-14(7-12)11-18/h12-15H,2-11H2,1H3,(H,19,21)/t12?,13?,14?,15-,18?/m1/s1. The van der Waals surface area contributed by atoms with Crippen LogP contribution in [0.1, 0.15) is 58.3 Å². The summed E-state index contributed by atoms with van der Waals surface area (Å²) in [5.41, 5.74) is 2.35. The maximum Gasteiger partial charge on any atom is 0.266 e. The highest BCUT2D eigenvalue weighted by molar-refractivity contribution is 5.90. The van der Waals surface area contributed by atoms with E-state index in [9.17, 15) is 9.59 Å². The van der Waals surface area contributed by atoms with Crippen molar-refractivity contribution in [3.8, 4) is 0 Å². The minimum atomic E-state index is -0.331. The van der Waals surface area contributed by atoms with Gasteiger partial charge in [-0.25, -0.2) is 5.48 Å². The fraction of sp³-hybridized carbons (Fsp3) is 0.889. The van der Waals surface area contributed by atoms with Crippen LogP contribution in [-0.4, -0.2) is 35.9 Å². The Hall–Kier alpha value is -1.10. The fourth-order valence-electron chi connectivity index (χ4n) is 6.17. The third-order valence-electron chi connectivity index (χ3n) is 6.63. The van der Waals surface area contributed by atoms with E-state index in [1.165, 1.54) is 19.3 Å². The Balaban J connectivity index is 1.51. The van der Waals surface area contributed by atoms with E-state index in [0.29, 0.717) is 6.61 Å². The first kappa shape index (κ1) is 15.4. The zero-order valence-electron chi connectivity index (χ0n) is 14.1. The number of rotatable bonds is 4. The first-order valence-corrected chi connectivity index (χ1v) is 9.34. The molecule has 0 radical (unpaired) electrons. The molecule has 0 aromatic carbocycles. The first-order chi connectivity index (χ1) is 11.1. The highest BCUT2D eigenvalue weighted by Gasteiger charge is 2.56. The predicted molar refractivity (Wildman–Crippen MR) is 85.1 cm³/mol. The summed E-state index contributed by atoms with van der Waals surface area (Å²) < 4.78 is 0. The zero-order chi connectivity index (χ0) is 16.0. The molecule has 4 aliphatic carbocycles. The van der Waals surface area contributed by atoms with Crippen molar-refractivity contribution in [3.63, 3.8) is 0 Å². The lowest BCUT2D eigenvalue weighted by molar-refractivity contribution is -0.162. The van der Waals surface area contributed by atoms with Crippen molar-refractivity contribution >= 4 is 11.8 Å². The summed E-state index contributed by atoms with van der Waals surface area (Å²) in [7, 11) is 0. The van der Waals surface area contributed by atoms with E-state index in [4.69, 9.17) is 4.84 Å². The Labute approximate surface area is 138 Å². The minimum Gasteiger partial charge on any atom is -0.330 e. The van der Waals surface area contributed by atoms with E-state index in [1.54, 1.807) is 0 Å². The van der Waals surface area contributed by atoms with Crippen molar-refractivity contribution in [2.24, 2.45) is 23.2 Å². The molecule has 4 bridgehead atoms. The van der Waals surface area contributed by atoms with Crippen molar-refractivity contribution in [3.05, 3.63) is 0 Å². The van der Waals surface area contributed by atoms with Gasteiger partial charge in [0.25, 0.3) is 5.91 Å². The van der Waals surface area contributed by atoms with Crippen LogP contribution in [0, 0.1) is 23.2 Å². The molecule has 0 unspecified atom stereocenters. The molecule has 4 saturated carbocycles. The van der Waals surface area contributed by atoms with Crippen LogP contribution < -0.4 is 5.48 Å². The lowest BCUT2D eigenvalue weighted by Crippen LogP contribution is -2.57. The topological polar surface area (TPSA) is 58.6 Å². The molecule has 1 atom stereocenters. The number of nitrogens with one attached hydrogen (secondary N) is 1. The second-order valence-corrected chi connectivity index (χ2v) is 8.25. The number of hydrogen-bond acceptors (Lipinski definition) is 3. The summed E-state index contributed by atoms with van der Waals surface area (Å²) in [6.45, 7) is 3.01. The molecule has 0 spiro atoms. The Morgan fingerprint density at radius 3 is 2.30 bits per heavy atom. The van der Waals surface area contributed by atoms with Crippen LogP contribution in [0.15, 0.2) is 0 Å². The molecule has 5 aliphatic rings. The van der Waals surface area contributed by atoms with Gasteiger partial charge in [0, 0.05) is 6.54 Å². The van der Waals surface area contributed by atoms with Gasteiger partial charge in [-0.05, 0) is 76.0 Å². The van der Waals surface area contributed by atoms with Crippen LogP contribution in [0.5, 0.6) is 0 Å². The van der Waals surface area contributed by atoms with E-state index in [1.807, 2.05) is 11.8 Å². The van der Waals surface area contributed by atoms with Crippen LogP contribution in [0.3, 0.4) is 0 Å². The van der Waals surface area contributed by atoms with Gasteiger partial charge in [0.05, 0.1) is 12.0 Å². The molecule has 5 nitrogen and oxygen atoms in total. The highest BCUT2D eigenvalue weighted by Crippen LogP contribution is 2.60. The number of nitrogens with zero attached hydrogens (tertiary/aromatic N) is 1. The molecule has 5 rings (SSSR count). The summed E-state index contributed by atoms with van der Waals surface area (Å²) in [5, 5.41) is 0. The van der Waals surface area contributed by atoms with Gasteiger partial charge in [0.15, 0.2) is 0 Å². The average Bonchev–Trinajstić information content (AvgIpc) is 3.00. The Kier molecular flexibility index (Phi) is 3.87. The van der Waals surface area contributed by atoms with Crippen molar-refractivity contribution in [1.29, 1.82) is 0 Å². The number of carbonyl (C=O) groups excluding carboxylic acids is 2. The lowest BCUT2D eigenvalue weighted by Gasteiger charge is -2.56. The quantitative estimate of drug-likeness (QED) is 0.808. The Bertz CT molecular complexity index is 469. The molecule has 5 heteroatoms. The number of likely N-dealkylation sites (tertiary alicyclic amines) is 1. The molecule has 1 N–H and O–H groups in total. The molecular weight excluding hydrogens is 292 g/mol. The molecule has 0 aromatic heterocycles. The summed E-state index contributed by atoms with van der Waals surface area (Å²) in [6, 6.07) is -0.331. The van der Waals surface area contributed by atoms with E-state index in [0.717, 1.165) is 56.4 Å². The monoisotopic (exact) mass is 320 g/mol. The normalized spacial score (nSPS) is 41.3. The van der Waals surface area contributed by atoms with Gasteiger partial charge in [-0.15, -0.1) is 0 Å². The maximum atomic E-state index is 13.4. The Morgan fingerprint density at radius 1 is 1.13 bits per heavy atom.